The molecule has 1 aliphatic heterocycles. The summed E-state index contributed by atoms with van der Waals surface area (Å²) in [7, 11) is 1.84. The molecule has 1 fully saturated rings. The summed E-state index contributed by atoms with van der Waals surface area (Å²) < 4.78 is 5.37. The number of nitrogens with one attached hydrogen (secondary N) is 1. The first kappa shape index (κ1) is 11.8. The lowest BCUT2D eigenvalue weighted by molar-refractivity contribution is 0.0484. The van der Waals surface area contributed by atoms with Crippen molar-refractivity contribution in [2.45, 2.75) is 12.8 Å². The van der Waals surface area contributed by atoms with E-state index in [0.717, 1.165) is 32.6 Å². The van der Waals surface area contributed by atoms with E-state index < -0.39 is 0 Å². The number of hydrogen-bond acceptors (Lipinski definition) is 2. The van der Waals surface area contributed by atoms with E-state index in [-0.39, 0.29) is 11.9 Å². The van der Waals surface area contributed by atoms with Crippen LogP contribution in [0, 0.1) is 11.3 Å². The third-order valence-corrected chi connectivity index (χ3v) is 2.41. The maximum absolute atomic E-state index is 7.00. The van der Waals surface area contributed by atoms with Crippen LogP contribution >= 0.6 is 0 Å². The first-order chi connectivity index (χ1) is 7.09. The van der Waals surface area contributed by atoms with Gasteiger partial charge in [-0.1, -0.05) is 0 Å². The molecular weight excluding hydrogens is 194 g/mol. The zero-order valence-electron chi connectivity index (χ0n) is 9.07. The summed E-state index contributed by atoms with van der Waals surface area (Å²) >= 11 is 0. The highest BCUT2D eigenvalue weighted by molar-refractivity contribution is 5.91. The van der Waals surface area contributed by atoms with Crippen LogP contribution in [0.25, 0.3) is 0 Å². The minimum Gasteiger partial charge on any atom is -0.381 e. The molecule has 0 bridgehead atoms. The largest absolute Gasteiger partial charge is 0.381 e. The minimum atomic E-state index is -0.265. The molecule has 0 aromatic rings. The Labute approximate surface area is 89.8 Å². The lowest BCUT2D eigenvalue weighted by atomic mass is 10.0. The maximum Gasteiger partial charge on any atom is 0.215 e. The molecule has 0 aromatic heterocycles. The van der Waals surface area contributed by atoms with Crippen LogP contribution in [-0.4, -0.2) is 43.6 Å². The van der Waals surface area contributed by atoms with Gasteiger partial charge in [-0.3, -0.25) is 5.41 Å². The second-order valence-corrected chi connectivity index (χ2v) is 3.82. The summed E-state index contributed by atoms with van der Waals surface area (Å²) in [6.45, 7) is 2.43. The fourth-order valence-corrected chi connectivity index (χ4v) is 1.64. The zero-order valence-corrected chi connectivity index (χ0v) is 9.07. The van der Waals surface area contributed by atoms with Crippen LogP contribution in [0.3, 0.4) is 0 Å². The van der Waals surface area contributed by atoms with Gasteiger partial charge in [0.1, 0.15) is 0 Å². The van der Waals surface area contributed by atoms with Crippen LogP contribution in [0.15, 0.2) is 4.99 Å². The highest BCUT2D eigenvalue weighted by atomic mass is 16.5. The standard InChI is InChI=1S/C9H19N5O/c1-14(9(12)13-8(10)11)5-7-3-2-4-15-6-7/h7H,2-6H2,1H3,(H5,10,11,12,13). The number of rotatable bonds is 2. The van der Waals surface area contributed by atoms with Crippen molar-refractivity contribution in [2.24, 2.45) is 22.4 Å². The molecule has 1 aliphatic rings. The summed E-state index contributed by atoms with van der Waals surface area (Å²) in [4.78, 5) is 5.49. The maximum atomic E-state index is 7.00. The van der Waals surface area contributed by atoms with Crippen molar-refractivity contribution in [3.05, 3.63) is 0 Å². The molecule has 6 heteroatoms. The fraction of sp³-hybridized carbons (Fsp3) is 0.778. The summed E-state index contributed by atoms with van der Waals surface area (Å²) in [5.41, 5.74) is 10.8. The first-order valence-electron chi connectivity index (χ1n) is 5.06. The third kappa shape index (κ3) is 4.16. The molecule has 86 valence electrons. The topological polar surface area (TPSA) is 101 Å². The van der Waals surface area contributed by atoms with Crippen molar-refractivity contribution in [1.29, 1.82) is 5.41 Å². The van der Waals surface area contributed by atoms with E-state index in [2.05, 4.69) is 4.99 Å². The van der Waals surface area contributed by atoms with Gasteiger partial charge in [-0.05, 0) is 18.8 Å². The molecule has 1 rings (SSSR count). The quantitative estimate of drug-likeness (QED) is 0.427. The highest BCUT2D eigenvalue weighted by Crippen LogP contribution is 2.14. The number of hydrogen-bond donors (Lipinski definition) is 3. The fourth-order valence-electron chi connectivity index (χ4n) is 1.64. The number of nitrogens with zero attached hydrogens (tertiary/aromatic N) is 2. The van der Waals surface area contributed by atoms with Crippen LogP contribution in [0.1, 0.15) is 12.8 Å². The molecule has 1 atom stereocenters. The molecule has 0 amide bonds. The summed E-state index contributed by atoms with van der Waals surface area (Å²) in [6, 6.07) is 0. The molecule has 0 spiro atoms. The summed E-state index contributed by atoms with van der Waals surface area (Å²) in [5.74, 6) is 0.511. The number of nitrogens with two attached hydrogens (primary N) is 2. The lowest BCUT2D eigenvalue weighted by Crippen LogP contribution is -2.40. The van der Waals surface area contributed by atoms with Gasteiger partial charge in [-0.15, -0.1) is 0 Å². The highest BCUT2D eigenvalue weighted by Gasteiger charge is 2.16. The first-order valence-corrected chi connectivity index (χ1v) is 5.06. The predicted molar refractivity (Wildman–Crippen MR) is 59.7 cm³/mol. The van der Waals surface area contributed by atoms with Crippen LogP contribution < -0.4 is 11.5 Å². The average molecular weight is 213 g/mol. The van der Waals surface area contributed by atoms with Crippen molar-refractivity contribution in [3.63, 3.8) is 0 Å². The van der Waals surface area contributed by atoms with Gasteiger partial charge in [0.2, 0.25) is 5.96 Å². The molecule has 6 nitrogen and oxygen atoms in total. The van der Waals surface area contributed by atoms with E-state index in [1.54, 1.807) is 4.90 Å². The van der Waals surface area contributed by atoms with E-state index in [0.29, 0.717) is 5.92 Å². The SMILES string of the molecule is CN(CC1CCCOC1)/C(N)=N/C(=N)N. The number of aliphatic imine (C=N–C) groups is 1. The molecule has 15 heavy (non-hydrogen) atoms. The van der Waals surface area contributed by atoms with Gasteiger partial charge in [0, 0.05) is 20.2 Å². The Hall–Kier alpha value is -1.30. The molecule has 1 saturated heterocycles. The molecule has 5 N–H and O–H groups in total. The third-order valence-electron chi connectivity index (χ3n) is 2.41. The number of ether oxygens (including phenoxy) is 1. The Morgan fingerprint density at radius 2 is 2.33 bits per heavy atom. The van der Waals surface area contributed by atoms with Crippen LogP contribution in [0.4, 0.5) is 0 Å². The Balaban J connectivity index is 2.39. The molecule has 1 heterocycles. The van der Waals surface area contributed by atoms with Crippen LogP contribution in [0.5, 0.6) is 0 Å². The summed E-state index contributed by atoms with van der Waals surface area (Å²) in [5, 5.41) is 7.00. The smallest absolute Gasteiger partial charge is 0.215 e. The molecule has 0 aromatic carbocycles. The Bertz CT molecular complexity index is 247. The molecule has 0 saturated carbocycles. The van der Waals surface area contributed by atoms with Crippen molar-refractivity contribution in [2.75, 3.05) is 26.8 Å². The zero-order chi connectivity index (χ0) is 11.3. The van der Waals surface area contributed by atoms with Crippen LogP contribution in [-0.2, 0) is 4.74 Å². The monoisotopic (exact) mass is 213 g/mol. The second-order valence-electron chi connectivity index (χ2n) is 3.82. The lowest BCUT2D eigenvalue weighted by Gasteiger charge is -2.27. The van der Waals surface area contributed by atoms with E-state index in [4.69, 9.17) is 21.6 Å². The Kier molecular flexibility index (Phi) is 4.36. The van der Waals surface area contributed by atoms with E-state index in [1.165, 1.54) is 0 Å². The Morgan fingerprint density at radius 3 is 2.87 bits per heavy atom. The van der Waals surface area contributed by atoms with Crippen molar-refractivity contribution in [1.82, 2.24) is 4.90 Å². The van der Waals surface area contributed by atoms with Gasteiger partial charge in [-0.25, -0.2) is 0 Å². The Morgan fingerprint density at radius 1 is 1.60 bits per heavy atom. The van der Waals surface area contributed by atoms with Gasteiger partial charge >= 0.3 is 0 Å². The molecule has 0 aliphatic carbocycles. The second kappa shape index (κ2) is 5.55. The average Bonchev–Trinajstić information content (AvgIpc) is 2.18. The molecule has 0 radical (unpaired) electrons. The van der Waals surface area contributed by atoms with Crippen LogP contribution in [0.2, 0.25) is 0 Å². The van der Waals surface area contributed by atoms with Gasteiger partial charge in [-0.2, -0.15) is 4.99 Å². The van der Waals surface area contributed by atoms with Gasteiger partial charge in [0.15, 0.2) is 5.96 Å². The van der Waals surface area contributed by atoms with E-state index in [9.17, 15) is 0 Å². The minimum absolute atomic E-state index is 0.265. The van der Waals surface area contributed by atoms with Crippen molar-refractivity contribution < 1.29 is 4.74 Å². The van der Waals surface area contributed by atoms with E-state index >= 15 is 0 Å². The molecule has 1 unspecified atom stereocenters. The summed E-state index contributed by atoms with van der Waals surface area (Å²) in [6.07, 6.45) is 2.25. The normalized spacial score (nSPS) is 22.5. The number of guanidine groups is 2. The predicted octanol–water partition coefficient (Wildman–Crippen LogP) is -0.447. The van der Waals surface area contributed by atoms with E-state index in [1.807, 2.05) is 7.05 Å². The van der Waals surface area contributed by atoms with Gasteiger partial charge in [0.25, 0.3) is 0 Å². The van der Waals surface area contributed by atoms with Crippen molar-refractivity contribution >= 4 is 11.9 Å². The van der Waals surface area contributed by atoms with Gasteiger partial charge in [0.05, 0.1) is 6.61 Å². The van der Waals surface area contributed by atoms with Crippen molar-refractivity contribution in [3.8, 4) is 0 Å². The van der Waals surface area contributed by atoms with Gasteiger partial charge < -0.3 is 21.1 Å². The molecular formula is C9H19N5O.